The molecule has 0 aliphatic rings. The Morgan fingerprint density at radius 1 is 1.37 bits per heavy atom. The Morgan fingerprint density at radius 2 is 2.16 bits per heavy atom. The molecule has 3 N–H and O–H groups in total. The molecule has 19 heavy (non-hydrogen) atoms. The third-order valence-corrected chi connectivity index (χ3v) is 3.28. The van der Waals surface area contributed by atoms with Crippen molar-refractivity contribution in [2.24, 2.45) is 5.84 Å². The standard InChI is InChI=1S/C14H21N5/c1-4-7-19-13(9-16-18-19)14(17-15)12-6-5-10(2)8-11(12)3/h5-6,8-9,14,17H,4,7,15H2,1-3H3. The van der Waals surface area contributed by atoms with Gasteiger partial charge in [0.05, 0.1) is 17.9 Å². The number of nitrogens with two attached hydrogens (primary N) is 1. The smallest absolute Gasteiger partial charge is 0.0897 e. The molecule has 0 saturated carbocycles. The first-order valence-corrected chi connectivity index (χ1v) is 6.59. The lowest BCUT2D eigenvalue weighted by Crippen LogP contribution is -2.31. The van der Waals surface area contributed by atoms with Crippen molar-refractivity contribution in [2.45, 2.75) is 39.8 Å². The van der Waals surface area contributed by atoms with E-state index < -0.39 is 0 Å². The van der Waals surface area contributed by atoms with Crippen LogP contribution in [0.3, 0.4) is 0 Å². The topological polar surface area (TPSA) is 68.8 Å². The summed E-state index contributed by atoms with van der Waals surface area (Å²) in [6.07, 6.45) is 2.79. The minimum absolute atomic E-state index is 0.0813. The van der Waals surface area contributed by atoms with Crippen molar-refractivity contribution in [1.82, 2.24) is 20.4 Å². The van der Waals surface area contributed by atoms with Crippen molar-refractivity contribution in [1.29, 1.82) is 0 Å². The van der Waals surface area contributed by atoms with Crippen LogP contribution in [0.2, 0.25) is 0 Å². The lowest BCUT2D eigenvalue weighted by atomic mass is 9.97. The summed E-state index contributed by atoms with van der Waals surface area (Å²) < 4.78 is 1.91. The van der Waals surface area contributed by atoms with Crippen LogP contribution in [-0.4, -0.2) is 15.0 Å². The number of rotatable bonds is 5. The van der Waals surface area contributed by atoms with Crippen LogP contribution in [0, 0.1) is 13.8 Å². The van der Waals surface area contributed by atoms with Crippen LogP contribution in [0.15, 0.2) is 24.4 Å². The quantitative estimate of drug-likeness (QED) is 0.635. The summed E-state index contributed by atoms with van der Waals surface area (Å²) in [7, 11) is 0. The van der Waals surface area contributed by atoms with Crippen LogP contribution in [-0.2, 0) is 6.54 Å². The molecule has 2 rings (SSSR count). The number of aryl methyl sites for hydroxylation is 3. The summed E-state index contributed by atoms with van der Waals surface area (Å²) in [5.41, 5.74) is 7.50. The molecule has 2 aromatic rings. The first-order valence-electron chi connectivity index (χ1n) is 6.59. The number of nitrogens with zero attached hydrogens (tertiary/aromatic N) is 3. The van der Waals surface area contributed by atoms with Crippen molar-refractivity contribution < 1.29 is 0 Å². The molecule has 0 fully saturated rings. The zero-order valence-electron chi connectivity index (χ0n) is 11.7. The molecule has 0 aliphatic carbocycles. The van der Waals surface area contributed by atoms with Gasteiger partial charge in [-0.1, -0.05) is 35.9 Å². The van der Waals surface area contributed by atoms with Crippen LogP contribution in [0.5, 0.6) is 0 Å². The molecule has 0 spiro atoms. The van der Waals surface area contributed by atoms with Crippen LogP contribution in [0.1, 0.15) is 41.8 Å². The summed E-state index contributed by atoms with van der Waals surface area (Å²) in [5, 5.41) is 8.12. The molecule has 0 saturated heterocycles. The van der Waals surface area contributed by atoms with Gasteiger partial charge in [-0.2, -0.15) is 0 Å². The van der Waals surface area contributed by atoms with E-state index in [1.807, 2.05) is 4.68 Å². The minimum Gasteiger partial charge on any atom is -0.271 e. The minimum atomic E-state index is -0.0813. The number of benzene rings is 1. The molecule has 102 valence electrons. The SMILES string of the molecule is CCCn1nncc1C(NN)c1ccc(C)cc1C. The average Bonchev–Trinajstić information content (AvgIpc) is 2.82. The summed E-state index contributed by atoms with van der Waals surface area (Å²) in [4.78, 5) is 0. The maximum atomic E-state index is 5.75. The molecule has 5 nitrogen and oxygen atoms in total. The van der Waals surface area contributed by atoms with Gasteiger partial charge < -0.3 is 0 Å². The van der Waals surface area contributed by atoms with Gasteiger partial charge in [-0.15, -0.1) is 5.10 Å². The second-order valence-corrected chi connectivity index (χ2v) is 4.84. The summed E-state index contributed by atoms with van der Waals surface area (Å²) in [6, 6.07) is 6.29. The van der Waals surface area contributed by atoms with E-state index in [2.05, 4.69) is 54.7 Å². The molecule has 0 amide bonds. The van der Waals surface area contributed by atoms with Gasteiger partial charge in [0.15, 0.2) is 0 Å². The largest absolute Gasteiger partial charge is 0.271 e. The Labute approximate surface area is 113 Å². The lowest BCUT2D eigenvalue weighted by Gasteiger charge is -2.19. The van der Waals surface area contributed by atoms with Gasteiger partial charge >= 0.3 is 0 Å². The molecular formula is C14H21N5. The van der Waals surface area contributed by atoms with Crippen molar-refractivity contribution >= 4 is 0 Å². The highest BCUT2D eigenvalue weighted by atomic mass is 15.4. The molecule has 0 radical (unpaired) electrons. The number of hydrogen-bond donors (Lipinski definition) is 2. The van der Waals surface area contributed by atoms with E-state index >= 15 is 0 Å². The Balaban J connectivity index is 2.41. The average molecular weight is 259 g/mol. The molecule has 1 atom stereocenters. The fraction of sp³-hybridized carbons (Fsp3) is 0.429. The van der Waals surface area contributed by atoms with Crippen LogP contribution in [0.25, 0.3) is 0 Å². The summed E-state index contributed by atoms with van der Waals surface area (Å²) in [6.45, 7) is 7.15. The van der Waals surface area contributed by atoms with Crippen molar-refractivity contribution in [2.75, 3.05) is 0 Å². The van der Waals surface area contributed by atoms with Crippen LogP contribution < -0.4 is 11.3 Å². The normalized spacial score (nSPS) is 12.6. The Morgan fingerprint density at radius 3 is 2.79 bits per heavy atom. The van der Waals surface area contributed by atoms with E-state index in [1.165, 1.54) is 11.1 Å². The van der Waals surface area contributed by atoms with Crippen LogP contribution in [0.4, 0.5) is 0 Å². The van der Waals surface area contributed by atoms with E-state index in [0.29, 0.717) is 0 Å². The molecule has 0 bridgehead atoms. The molecule has 1 aromatic heterocycles. The van der Waals surface area contributed by atoms with Crippen molar-refractivity contribution in [3.05, 3.63) is 46.8 Å². The molecule has 1 heterocycles. The molecule has 5 heteroatoms. The van der Waals surface area contributed by atoms with Crippen molar-refractivity contribution in [3.63, 3.8) is 0 Å². The summed E-state index contributed by atoms with van der Waals surface area (Å²) >= 11 is 0. The zero-order chi connectivity index (χ0) is 13.8. The van der Waals surface area contributed by atoms with E-state index in [1.54, 1.807) is 6.20 Å². The maximum absolute atomic E-state index is 5.75. The van der Waals surface area contributed by atoms with Gasteiger partial charge in [0.2, 0.25) is 0 Å². The Kier molecular flexibility index (Phi) is 4.29. The first-order chi connectivity index (χ1) is 9.17. The zero-order valence-corrected chi connectivity index (χ0v) is 11.7. The Bertz CT molecular complexity index is 547. The predicted molar refractivity (Wildman–Crippen MR) is 75.4 cm³/mol. The highest BCUT2D eigenvalue weighted by Crippen LogP contribution is 2.24. The van der Waals surface area contributed by atoms with E-state index in [0.717, 1.165) is 24.2 Å². The highest BCUT2D eigenvalue weighted by Gasteiger charge is 2.19. The van der Waals surface area contributed by atoms with Gasteiger partial charge in [-0.05, 0) is 31.4 Å². The Hall–Kier alpha value is -1.72. The third-order valence-electron chi connectivity index (χ3n) is 3.28. The number of hydrazine groups is 1. The van der Waals surface area contributed by atoms with Crippen molar-refractivity contribution in [3.8, 4) is 0 Å². The van der Waals surface area contributed by atoms with Gasteiger partial charge in [-0.3, -0.25) is 5.84 Å². The number of nitrogens with one attached hydrogen (secondary N) is 1. The second kappa shape index (κ2) is 5.95. The van der Waals surface area contributed by atoms with E-state index in [-0.39, 0.29) is 6.04 Å². The highest BCUT2D eigenvalue weighted by molar-refractivity contribution is 5.36. The first kappa shape index (κ1) is 13.7. The van der Waals surface area contributed by atoms with Gasteiger partial charge in [0.25, 0.3) is 0 Å². The predicted octanol–water partition coefficient (Wildman–Crippen LogP) is 1.86. The lowest BCUT2D eigenvalue weighted by molar-refractivity contribution is 0.511. The van der Waals surface area contributed by atoms with Crippen LogP contribution >= 0.6 is 0 Å². The second-order valence-electron chi connectivity index (χ2n) is 4.84. The number of aromatic nitrogens is 3. The molecule has 0 aliphatic heterocycles. The fourth-order valence-corrected chi connectivity index (χ4v) is 2.36. The monoisotopic (exact) mass is 259 g/mol. The van der Waals surface area contributed by atoms with E-state index in [9.17, 15) is 0 Å². The third kappa shape index (κ3) is 2.83. The maximum Gasteiger partial charge on any atom is 0.0897 e. The number of hydrogen-bond acceptors (Lipinski definition) is 4. The molecule has 1 aromatic carbocycles. The summed E-state index contributed by atoms with van der Waals surface area (Å²) in [5.74, 6) is 5.75. The van der Waals surface area contributed by atoms with Gasteiger partial charge in [0.1, 0.15) is 0 Å². The molecule has 1 unspecified atom stereocenters. The van der Waals surface area contributed by atoms with Gasteiger partial charge in [-0.25, -0.2) is 10.1 Å². The van der Waals surface area contributed by atoms with E-state index in [4.69, 9.17) is 5.84 Å². The van der Waals surface area contributed by atoms with Gasteiger partial charge in [0, 0.05) is 6.54 Å². The fourth-order valence-electron chi connectivity index (χ4n) is 2.36. The molecular weight excluding hydrogens is 238 g/mol.